The Labute approximate surface area is 203 Å². The van der Waals surface area contributed by atoms with Gasteiger partial charge in [-0.15, -0.1) is 0 Å². The van der Waals surface area contributed by atoms with Crippen molar-refractivity contribution in [1.29, 1.82) is 0 Å². The zero-order chi connectivity index (χ0) is 23.5. The second-order valence-corrected chi connectivity index (χ2v) is 12.1. The van der Waals surface area contributed by atoms with Crippen LogP contribution in [0.5, 0.6) is 5.75 Å². The summed E-state index contributed by atoms with van der Waals surface area (Å²) in [6.07, 6.45) is 0. The number of thioether (sulfide) groups is 1. The van der Waals surface area contributed by atoms with Crippen molar-refractivity contribution < 1.29 is 22.7 Å². The highest BCUT2D eigenvalue weighted by Crippen LogP contribution is 2.54. The van der Waals surface area contributed by atoms with Gasteiger partial charge in [0.05, 0.1) is 15.8 Å². The molecule has 0 saturated heterocycles. The molecular weight excluding hydrogens is 554 g/mol. The Bertz CT molecular complexity index is 1460. The molecule has 170 valence electrons. The van der Waals surface area contributed by atoms with E-state index in [0.717, 1.165) is 27.6 Å². The second kappa shape index (κ2) is 8.09. The number of carbonyl (C=O) groups is 2. The van der Waals surface area contributed by atoms with Crippen LogP contribution in [0.3, 0.4) is 0 Å². The molecule has 13 heteroatoms. The zero-order valence-corrected chi connectivity index (χ0v) is 20.4. The minimum Gasteiger partial charge on any atom is -0.426 e. The molecule has 2 aliphatic heterocycles. The number of benzene rings is 2. The number of aromatic nitrogens is 1. The number of carbonyl (C=O) groups excluding carboxylic acids is 2. The van der Waals surface area contributed by atoms with Gasteiger partial charge in [-0.3, -0.25) is 14.4 Å². The fourth-order valence-electron chi connectivity index (χ4n) is 3.94. The van der Waals surface area contributed by atoms with E-state index < -0.39 is 39.0 Å². The predicted octanol–water partition coefficient (Wildman–Crippen LogP) is 2.63. The molecule has 3 atom stereocenters. The smallest absolute Gasteiger partial charge is 0.317 e. The molecule has 0 fully saturated rings. The Balaban J connectivity index is 1.53. The summed E-state index contributed by atoms with van der Waals surface area (Å²) in [6.45, 7) is 0. The number of halogens is 1. The number of fused-ring (bicyclic) bond motifs is 5. The third kappa shape index (κ3) is 4.04. The molecule has 0 radical (unpaired) electrons. The average molecular weight is 568 g/mol. The standard InChI is InChI=1S/C20H14BrN3O6S3/c21-8-1-6-12-11(7-8)13-14(19(26)30-12)15(31-18-16(13)32-20(27)24-18)17(25)23-9-2-4-10(5-3-9)33(22,28)29/h1-7,13-15H,(H,23,25)(H,24,27)(H2,22,28,29)/t13-,14-,15+/m0/s1. The highest BCUT2D eigenvalue weighted by molar-refractivity contribution is 9.10. The average Bonchev–Trinajstić information content (AvgIpc) is 3.13. The van der Waals surface area contributed by atoms with Crippen LogP contribution in [0.2, 0.25) is 0 Å². The molecule has 5 rings (SSSR count). The predicted molar refractivity (Wildman–Crippen MR) is 126 cm³/mol. The summed E-state index contributed by atoms with van der Waals surface area (Å²) in [5.41, 5.74) is 1.04. The number of sulfonamides is 1. The lowest BCUT2D eigenvalue weighted by atomic mass is 9.80. The summed E-state index contributed by atoms with van der Waals surface area (Å²) in [4.78, 5) is 41.5. The lowest BCUT2D eigenvalue weighted by Crippen LogP contribution is -2.46. The number of ether oxygens (including phenoxy) is 1. The molecule has 2 aromatic carbocycles. The quantitative estimate of drug-likeness (QED) is 0.325. The molecule has 9 nitrogen and oxygen atoms in total. The number of rotatable bonds is 3. The van der Waals surface area contributed by atoms with Crippen molar-refractivity contribution in [1.82, 2.24) is 4.98 Å². The number of esters is 1. The van der Waals surface area contributed by atoms with E-state index in [2.05, 4.69) is 26.2 Å². The number of amides is 1. The van der Waals surface area contributed by atoms with Crippen LogP contribution in [-0.2, 0) is 19.6 Å². The molecule has 0 spiro atoms. The number of anilines is 1. The first-order valence-corrected chi connectivity index (χ1v) is 13.5. The van der Waals surface area contributed by atoms with Gasteiger partial charge in [0.25, 0.3) is 0 Å². The van der Waals surface area contributed by atoms with Crippen LogP contribution in [0.15, 0.2) is 61.7 Å². The summed E-state index contributed by atoms with van der Waals surface area (Å²) in [5, 5.41) is 7.47. The van der Waals surface area contributed by atoms with Gasteiger partial charge in [0.2, 0.25) is 15.9 Å². The number of nitrogens with two attached hydrogens (primary N) is 1. The maximum Gasteiger partial charge on any atom is 0.317 e. The maximum atomic E-state index is 13.3. The van der Waals surface area contributed by atoms with E-state index in [4.69, 9.17) is 9.88 Å². The van der Waals surface area contributed by atoms with E-state index >= 15 is 0 Å². The van der Waals surface area contributed by atoms with Gasteiger partial charge in [-0.2, -0.15) is 0 Å². The van der Waals surface area contributed by atoms with E-state index in [0.29, 0.717) is 26.9 Å². The Hall–Kier alpha value is -2.45. The monoisotopic (exact) mass is 567 g/mol. The molecule has 2 aliphatic rings. The van der Waals surface area contributed by atoms with E-state index in [9.17, 15) is 22.8 Å². The van der Waals surface area contributed by atoms with Crippen LogP contribution < -0.4 is 20.1 Å². The van der Waals surface area contributed by atoms with Crippen molar-refractivity contribution in [2.75, 3.05) is 5.32 Å². The molecule has 0 saturated carbocycles. The van der Waals surface area contributed by atoms with Crippen LogP contribution in [0.4, 0.5) is 5.69 Å². The third-order valence-corrected chi connectivity index (χ3v) is 9.19. The second-order valence-electron chi connectivity index (χ2n) is 7.41. The van der Waals surface area contributed by atoms with E-state index in [1.165, 1.54) is 24.3 Å². The molecule has 3 heterocycles. The van der Waals surface area contributed by atoms with Gasteiger partial charge in [-0.1, -0.05) is 39.0 Å². The normalized spacial score (nSPS) is 21.4. The van der Waals surface area contributed by atoms with Crippen molar-refractivity contribution in [2.24, 2.45) is 11.1 Å². The van der Waals surface area contributed by atoms with Crippen molar-refractivity contribution in [3.05, 3.63) is 67.0 Å². The third-order valence-electron chi connectivity index (χ3n) is 5.35. The van der Waals surface area contributed by atoms with Gasteiger partial charge in [-0.05, 0) is 42.5 Å². The topological polar surface area (TPSA) is 148 Å². The minimum absolute atomic E-state index is 0.0915. The van der Waals surface area contributed by atoms with E-state index in [1.54, 1.807) is 12.1 Å². The lowest BCUT2D eigenvalue weighted by Gasteiger charge is -2.38. The van der Waals surface area contributed by atoms with Gasteiger partial charge in [0, 0.05) is 26.5 Å². The molecule has 33 heavy (non-hydrogen) atoms. The van der Waals surface area contributed by atoms with Gasteiger partial charge >= 0.3 is 10.8 Å². The maximum absolute atomic E-state index is 13.3. The highest BCUT2D eigenvalue weighted by atomic mass is 79.9. The summed E-state index contributed by atoms with van der Waals surface area (Å²) >= 11 is 5.54. The van der Waals surface area contributed by atoms with Crippen molar-refractivity contribution >= 4 is 66.6 Å². The van der Waals surface area contributed by atoms with Crippen LogP contribution in [-0.4, -0.2) is 30.5 Å². The van der Waals surface area contributed by atoms with Crippen molar-refractivity contribution in [3.8, 4) is 5.75 Å². The van der Waals surface area contributed by atoms with Crippen molar-refractivity contribution in [2.45, 2.75) is 21.1 Å². The number of nitrogens with one attached hydrogen (secondary N) is 2. The molecule has 0 aliphatic carbocycles. The number of hydrogen-bond donors (Lipinski definition) is 3. The fraction of sp³-hybridized carbons (Fsp3) is 0.150. The molecular formula is C20H14BrN3O6S3. The van der Waals surface area contributed by atoms with Crippen LogP contribution in [0.1, 0.15) is 16.4 Å². The van der Waals surface area contributed by atoms with Gasteiger partial charge in [0.15, 0.2) is 0 Å². The molecule has 4 N–H and O–H groups in total. The van der Waals surface area contributed by atoms with Gasteiger partial charge < -0.3 is 15.0 Å². The number of primary sulfonamides is 1. The summed E-state index contributed by atoms with van der Waals surface area (Å²) in [5.74, 6) is -2.04. The number of aromatic amines is 1. The highest BCUT2D eigenvalue weighted by Gasteiger charge is 2.51. The number of H-pyrrole nitrogens is 1. The molecule has 0 bridgehead atoms. The minimum atomic E-state index is -3.87. The zero-order valence-electron chi connectivity index (χ0n) is 16.4. The summed E-state index contributed by atoms with van der Waals surface area (Å²) < 4.78 is 29.2. The number of hydrogen-bond acceptors (Lipinski definition) is 8. The molecule has 1 amide bonds. The number of thiazole rings is 1. The van der Waals surface area contributed by atoms with E-state index in [-0.39, 0.29) is 9.77 Å². The Morgan fingerprint density at radius 3 is 2.58 bits per heavy atom. The summed E-state index contributed by atoms with van der Waals surface area (Å²) in [6, 6.07) is 10.6. The first-order valence-electron chi connectivity index (χ1n) is 9.46. The molecule has 3 aromatic rings. The fourth-order valence-corrected chi connectivity index (χ4v) is 7.30. The lowest BCUT2D eigenvalue weighted by molar-refractivity contribution is -0.142. The SMILES string of the molecule is NS(=O)(=O)c1ccc(NC(=O)[C@@H]2Sc3[nH]c(=O)sc3[C@H]3c4cc(Br)ccc4OC(=O)[C@@H]32)cc1. The van der Waals surface area contributed by atoms with Gasteiger partial charge in [0.1, 0.15) is 11.0 Å². The Kier molecular flexibility index (Phi) is 5.48. The van der Waals surface area contributed by atoms with Gasteiger partial charge in [-0.25, -0.2) is 13.6 Å². The summed E-state index contributed by atoms with van der Waals surface area (Å²) in [7, 11) is -3.87. The van der Waals surface area contributed by atoms with E-state index in [1.807, 2.05) is 6.07 Å². The molecule has 1 aromatic heterocycles. The Morgan fingerprint density at radius 2 is 1.88 bits per heavy atom. The van der Waals surface area contributed by atoms with Crippen molar-refractivity contribution in [3.63, 3.8) is 0 Å². The first kappa shape index (κ1) is 22.3. The Morgan fingerprint density at radius 1 is 1.15 bits per heavy atom. The molecule has 0 unspecified atom stereocenters. The first-order chi connectivity index (χ1) is 15.6. The van der Waals surface area contributed by atoms with Crippen LogP contribution >= 0.6 is 39.0 Å². The largest absolute Gasteiger partial charge is 0.426 e. The van der Waals surface area contributed by atoms with Crippen LogP contribution in [0, 0.1) is 5.92 Å². The van der Waals surface area contributed by atoms with Crippen LogP contribution in [0.25, 0.3) is 0 Å².